The molecular weight excluding hydrogens is 176 g/mol. The molecule has 0 amide bonds. The standard InChI is InChI=1S/C10H24N4/c1-5-9(4)7-13-10(14-11)12-6-8(2)3/h8-9H,5-7,11H2,1-4H3,(H2,12,13,14). The molecule has 1 atom stereocenters. The summed E-state index contributed by atoms with van der Waals surface area (Å²) in [5.41, 5.74) is 2.58. The second-order valence-corrected chi connectivity index (χ2v) is 4.12. The number of nitrogens with zero attached hydrogens (tertiary/aromatic N) is 1. The van der Waals surface area contributed by atoms with Crippen molar-refractivity contribution in [2.75, 3.05) is 13.1 Å². The van der Waals surface area contributed by atoms with Gasteiger partial charge in [-0.25, -0.2) is 5.84 Å². The van der Waals surface area contributed by atoms with Crippen LogP contribution >= 0.6 is 0 Å². The van der Waals surface area contributed by atoms with Gasteiger partial charge in [0.1, 0.15) is 0 Å². The predicted molar refractivity (Wildman–Crippen MR) is 61.9 cm³/mol. The minimum atomic E-state index is 0.559. The van der Waals surface area contributed by atoms with Crippen LogP contribution in [0.5, 0.6) is 0 Å². The largest absolute Gasteiger partial charge is 0.355 e. The van der Waals surface area contributed by atoms with Gasteiger partial charge in [-0.05, 0) is 11.8 Å². The van der Waals surface area contributed by atoms with Gasteiger partial charge in [-0.15, -0.1) is 0 Å². The van der Waals surface area contributed by atoms with Gasteiger partial charge in [0, 0.05) is 13.1 Å². The monoisotopic (exact) mass is 200 g/mol. The number of hydrogen-bond donors (Lipinski definition) is 3. The van der Waals surface area contributed by atoms with E-state index in [9.17, 15) is 0 Å². The maximum Gasteiger partial charge on any atom is 0.205 e. The van der Waals surface area contributed by atoms with Crippen LogP contribution in [-0.4, -0.2) is 19.0 Å². The van der Waals surface area contributed by atoms with E-state index in [1.807, 2.05) is 0 Å². The van der Waals surface area contributed by atoms with Crippen molar-refractivity contribution in [2.24, 2.45) is 22.7 Å². The Balaban J connectivity index is 3.83. The van der Waals surface area contributed by atoms with E-state index in [-0.39, 0.29) is 0 Å². The summed E-state index contributed by atoms with van der Waals surface area (Å²) in [5.74, 6) is 7.24. The zero-order chi connectivity index (χ0) is 11.0. The fraction of sp³-hybridized carbons (Fsp3) is 0.900. The molecule has 4 N–H and O–H groups in total. The molecule has 0 rings (SSSR count). The molecule has 0 aromatic carbocycles. The molecule has 0 radical (unpaired) electrons. The van der Waals surface area contributed by atoms with E-state index >= 15 is 0 Å². The highest BCUT2D eigenvalue weighted by molar-refractivity contribution is 5.79. The lowest BCUT2D eigenvalue weighted by molar-refractivity contribution is 0.542. The fourth-order valence-electron chi connectivity index (χ4n) is 0.842. The normalized spacial score (nSPS) is 14.3. The highest BCUT2D eigenvalue weighted by Crippen LogP contribution is 1.97. The summed E-state index contributed by atoms with van der Waals surface area (Å²) >= 11 is 0. The van der Waals surface area contributed by atoms with Crippen LogP contribution in [0.3, 0.4) is 0 Å². The Morgan fingerprint density at radius 2 is 2.00 bits per heavy atom. The Hall–Kier alpha value is -0.770. The van der Waals surface area contributed by atoms with Gasteiger partial charge in [0.2, 0.25) is 5.96 Å². The Labute approximate surface area is 87.3 Å². The van der Waals surface area contributed by atoms with Crippen molar-refractivity contribution in [1.29, 1.82) is 0 Å². The number of hydrogen-bond acceptors (Lipinski definition) is 2. The zero-order valence-electron chi connectivity index (χ0n) is 9.80. The lowest BCUT2D eigenvalue weighted by atomic mass is 10.1. The van der Waals surface area contributed by atoms with Gasteiger partial charge in [0.25, 0.3) is 0 Å². The smallest absolute Gasteiger partial charge is 0.205 e. The lowest BCUT2D eigenvalue weighted by Gasteiger charge is -2.13. The van der Waals surface area contributed by atoms with Crippen LogP contribution in [0.4, 0.5) is 0 Å². The molecule has 0 aromatic rings. The van der Waals surface area contributed by atoms with Crippen LogP contribution in [0.25, 0.3) is 0 Å². The van der Waals surface area contributed by atoms with E-state index in [0.29, 0.717) is 17.8 Å². The van der Waals surface area contributed by atoms with Crippen molar-refractivity contribution < 1.29 is 0 Å². The molecular formula is C10H24N4. The summed E-state index contributed by atoms with van der Waals surface area (Å²) in [5, 5.41) is 3.19. The predicted octanol–water partition coefficient (Wildman–Crippen LogP) is 1.10. The van der Waals surface area contributed by atoms with Crippen molar-refractivity contribution in [3.05, 3.63) is 0 Å². The summed E-state index contributed by atoms with van der Waals surface area (Å²) in [6.07, 6.45) is 1.16. The van der Waals surface area contributed by atoms with Gasteiger partial charge in [-0.3, -0.25) is 10.4 Å². The molecule has 84 valence electrons. The first-order valence-electron chi connectivity index (χ1n) is 5.35. The number of hydrazine groups is 1. The van der Waals surface area contributed by atoms with Crippen LogP contribution in [0.15, 0.2) is 4.99 Å². The summed E-state index contributed by atoms with van der Waals surface area (Å²) < 4.78 is 0. The fourth-order valence-corrected chi connectivity index (χ4v) is 0.842. The first-order chi connectivity index (χ1) is 6.60. The molecule has 0 bridgehead atoms. The summed E-state index contributed by atoms with van der Waals surface area (Å²) in [7, 11) is 0. The minimum Gasteiger partial charge on any atom is -0.355 e. The Kier molecular flexibility index (Phi) is 7.20. The molecule has 0 spiro atoms. The molecule has 1 unspecified atom stereocenters. The topological polar surface area (TPSA) is 62.4 Å². The number of guanidine groups is 1. The van der Waals surface area contributed by atoms with Gasteiger partial charge < -0.3 is 5.32 Å². The molecule has 14 heavy (non-hydrogen) atoms. The van der Waals surface area contributed by atoms with Crippen LogP contribution in [0, 0.1) is 11.8 Å². The number of nitrogens with two attached hydrogens (primary N) is 1. The van der Waals surface area contributed by atoms with E-state index in [2.05, 4.69) is 43.4 Å². The molecule has 0 heterocycles. The number of rotatable bonds is 5. The van der Waals surface area contributed by atoms with E-state index in [4.69, 9.17) is 5.84 Å². The second-order valence-electron chi connectivity index (χ2n) is 4.12. The Bertz CT molecular complexity index is 166. The van der Waals surface area contributed by atoms with E-state index in [0.717, 1.165) is 19.5 Å². The third-order valence-electron chi connectivity index (χ3n) is 2.07. The number of nitrogens with one attached hydrogen (secondary N) is 2. The highest BCUT2D eigenvalue weighted by atomic mass is 15.3. The molecule has 0 saturated carbocycles. The number of aliphatic imine (C=N–C) groups is 1. The maximum absolute atomic E-state index is 5.34. The van der Waals surface area contributed by atoms with Gasteiger partial charge in [-0.1, -0.05) is 34.1 Å². The van der Waals surface area contributed by atoms with Gasteiger partial charge in [-0.2, -0.15) is 0 Å². The average Bonchev–Trinajstić information content (AvgIpc) is 2.17. The Morgan fingerprint density at radius 3 is 2.43 bits per heavy atom. The van der Waals surface area contributed by atoms with Crippen LogP contribution in [0.1, 0.15) is 34.1 Å². The second kappa shape index (κ2) is 7.62. The molecule has 0 aromatic heterocycles. The average molecular weight is 200 g/mol. The van der Waals surface area contributed by atoms with Crippen molar-refractivity contribution in [3.63, 3.8) is 0 Å². The summed E-state index contributed by atoms with van der Waals surface area (Å²) in [6.45, 7) is 10.3. The van der Waals surface area contributed by atoms with Gasteiger partial charge in [0.05, 0.1) is 0 Å². The third kappa shape index (κ3) is 6.71. The first-order valence-corrected chi connectivity index (χ1v) is 5.35. The van der Waals surface area contributed by atoms with Crippen molar-refractivity contribution in [1.82, 2.24) is 10.7 Å². The first kappa shape index (κ1) is 13.2. The quantitative estimate of drug-likeness (QED) is 0.269. The molecule has 4 nitrogen and oxygen atoms in total. The molecule has 0 saturated heterocycles. The molecule has 0 aliphatic carbocycles. The van der Waals surface area contributed by atoms with Crippen molar-refractivity contribution in [3.8, 4) is 0 Å². The molecule has 4 heteroatoms. The van der Waals surface area contributed by atoms with Gasteiger partial charge >= 0.3 is 0 Å². The molecule has 0 aliphatic heterocycles. The van der Waals surface area contributed by atoms with E-state index in [1.165, 1.54) is 0 Å². The minimum absolute atomic E-state index is 0.559. The zero-order valence-corrected chi connectivity index (χ0v) is 9.80. The van der Waals surface area contributed by atoms with Gasteiger partial charge in [0.15, 0.2) is 0 Å². The van der Waals surface area contributed by atoms with E-state index in [1.54, 1.807) is 0 Å². The highest BCUT2D eigenvalue weighted by Gasteiger charge is 2.00. The Morgan fingerprint density at radius 1 is 1.36 bits per heavy atom. The maximum atomic E-state index is 5.34. The molecule has 0 aliphatic rings. The summed E-state index contributed by atoms with van der Waals surface area (Å²) in [6, 6.07) is 0. The van der Waals surface area contributed by atoms with E-state index < -0.39 is 0 Å². The lowest BCUT2D eigenvalue weighted by Crippen LogP contribution is -2.43. The van der Waals surface area contributed by atoms with Crippen LogP contribution in [-0.2, 0) is 0 Å². The SMILES string of the molecule is CCC(C)CNC(=NCC(C)C)NN. The summed E-state index contributed by atoms with van der Waals surface area (Å²) in [4.78, 5) is 4.32. The van der Waals surface area contributed by atoms with Crippen LogP contribution in [0.2, 0.25) is 0 Å². The third-order valence-corrected chi connectivity index (χ3v) is 2.07. The molecule has 0 fully saturated rings. The van der Waals surface area contributed by atoms with Crippen LogP contribution < -0.4 is 16.6 Å². The van der Waals surface area contributed by atoms with Crippen molar-refractivity contribution >= 4 is 5.96 Å². The van der Waals surface area contributed by atoms with Crippen molar-refractivity contribution in [2.45, 2.75) is 34.1 Å².